The number of benzene rings is 1. The highest BCUT2D eigenvalue weighted by molar-refractivity contribution is 5.91. The zero-order valence-corrected chi connectivity index (χ0v) is 16.9. The van der Waals surface area contributed by atoms with Crippen LogP contribution < -0.4 is 5.32 Å². The van der Waals surface area contributed by atoms with Gasteiger partial charge in [-0.2, -0.15) is 18.3 Å². The van der Waals surface area contributed by atoms with Gasteiger partial charge in [0.25, 0.3) is 5.89 Å². The first-order valence-corrected chi connectivity index (χ1v) is 9.54. The second kappa shape index (κ2) is 7.79. The molecule has 1 unspecified atom stereocenters. The lowest BCUT2D eigenvalue weighted by atomic mass is 9.86. The van der Waals surface area contributed by atoms with Crippen LogP contribution in [0.3, 0.4) is 0 Å². The van der Waals surface area contributed by atoms with Gasteiger partial charge in [0.15, 0.2) is 5.82 Å². The fraction of sp³-hybridized carbons (Fsp3) is 0.300. The number of likely N-dealkylation sites (tertiary alicyclic amines) is 1. The number of aliphatic hydroxyl groups is 1. The summed E-state index contributed by atoms with van der Waals surface area (Å²) < 4.78 is 45.6. The lowest BCUT2D eigenvalue weighted by molar-refractivity contribution is -0.137. The molecule has 9 nitrogen and oxygen atoms in total. The average molecular weight is 448 g/mol. The highest BCUT2D eigenvalue weighted by Gasteiger charge is 2.50. The van der Waals surface area contributed by atoms with Crippen molar-refractivity contribution in [2.24, 2.45) is 7.05 Å². The summed E-state index contributed by atoms with van der Waals surface area (Å²) in [6.07, 6.45) is -1.09. The number of aromatic nitrogens is 4. The highest BCUT2D eigenvalue weighted by Crippen LogP contribution is 2.38. The first-order valence-electron chi connectivity index (χ1n) is 9.54. The third-order valence-corrected chi connectivity index (χ3v) is 5.30. The van der Waals surface area contributed by atoms with E-state index < -0.39 is 23.9 Å². The number of carbonyl (C=O) groups is 1. The number of hydrogen-bond acceptors (Lipinski definition) is 7. The standard InChI is InChI=1S/C20H19F3N6O3/c1-3-19(8-9-29(11-30)18(19)31)17-26-25-16(32-17)14-10-28(2)27-15(14)24-13-6-4-12(5-7-13)20(21,22)23/h3-7,10,30H,1,8-9,11H2,2H3,(H,24,27). The number of aliphatic hydroxyl groups excluding tert-OH is 1. The highest BCUT2D eigenvalue weighted by atomic mass is 19.4. The summed E-state index contributed by atoms with van der Waals surface area (Å²) in [5, 5.41) is 24.6. The summed E-state index contributed by atoms with van der Waals surface area (Å²) in [7, 11) is 1.66. The van der Waals surface area contributed by atoms with Crippen molar-refractivity contribution in [3.8, 4) is 11.5 Å². The number of carbonyl (C=O) groups excluding carboxylic acids is 1. The summed E-state index contributed by atoms with van der Waals surface area (Å²) in [6.45, 7) is 3.61. The number of hydrogen-bond donors (Lipinski definition) is 2. The molecule has 1 atom stereocenters. The van der Waals surface area contributed by atoms with Gasteiger partial charge in [0, 0.05) is 25.5 Å². The van der Waals surface area contributed by atoms with Crippen LogP contribution in [0.5, 0.6) is 0 Å². The second-order valence-electron chi connectivity index (χ2n) is 7.31. The molecule has 2 aromatic heterocycles. The van der Waals surface area contributed by atoms with Crippen LogP contribution in [0.1, 0.15) is 17.9 Å². The largest absolute Gasteiger partial charge is 0.419 e. The van der Waals surface area contributed by atoms with E-state index in [2.05, 4.69) is 27.2 Å². The van der Waals surface area contributed by atoms with E-state index in [1.165, 1.54) is 27.8 Å². The van der Waals surface area contributed by atoms with Crippen molar-refractivity contribution in [2.45, 2.75) is 18.0 Å². The van der Waals surface area contributed by atoms with Gasteiger partial charge in [-0.3, -0.25) is 9.48 Å². The van der Waals surface area contributed by atoms with Gasteiger partial charge >= 0.3 is 6.18 Å². The Balaban J connectivity index is 1.63. The molecule has 1 amide bonds. The van der Waals surface area contributed by atoms with Crippen molar-refractivity contribution in [1.82, 2.24) is 24.9 Å². The minimum atomic E-state index is -4.43. The Labute approximate surface area is 180 Å². The van der Waals surface area contributed by atoms with Crippen LogP contribution in [0.4, 0.5) is 24.7 Å². The molecule has 1 aliphatic heterocycles. The molecule has 1 saturated heterocycles. The average Bonchev–Trinajstić information content (AvgIpc) is 3.45. The first-order chi connectivity index (χ1) is 15.2. The topological polar surface area (TPSA) is 109 Å². The zero-order chi connectivity index (χ0) is 23.1. The van der Waals surface area contributed by atoms with Crippen molar-refractivity contribution in [2.75, 3.05) is 18.6 Å². The molecule has 4 rings (SSSR count). The van der Waals surface area contributed by atoms with Gasteiger partial charge in [-0.25, -0.2) is 0 Å². The molecule has 1 aromatic carbocycles. The Morgan fingerprint density at radius 1 is 1.31 bits per heavy atom. The quantitative estimate of drug-likeness (QED) is 0.558. The number of amides is 1. The molecule has 1 fully saturated rings. The summed E-state index contributed by atoms with van der Waals surface area (Å²) in [5.41, 5.74) is -1.23. The molecule has 1 aliphatic rings. The monoisotopic (exact) mass is 448 g/mol. The predicted molar refractivity (Wildman–Crippen MR) is 107 cm³/mol. The van der Waals surface area contributed by atoms with E-state index in [0.29, 0.717) is 24.2 Å². The fourth-order valence-corrected chi connectivity index (χ4v) is 3.54. The number of anilines is 2. The molecular formula is C20H19F3N6O3. The van der Waals surface area contributed by atoms with E-state index >= 15 is 0 Å². The molecule has 32 heavy (non-hydrogen) atoms. The summed E-state index contributed by atoms with van der Waals surface area (Å²) in [5.74, 6) is -0.00361. The molecule has 0 saturated carbocycles. The maximum Gasteiger partial charge on any atom is 0.416 e. The van der Waals surface area contributed by atoms with E-state index in [9.17, 15) is 23.1 Å². The second-order valence-corrected chi connectivity index (χ2v) is 7.31. The Morgan fingerprint density at radius 2 is 2.03 bits per heavy atom. The number of halogens is 3. The minimum Gasteiger partial charge on any atom is -0.419 e. The van der Waals surface area contributed by atoms with Crippen LogP contribution in [0, 0.1) is 0 Å². The third kappa shape index (κ3) is 3.62. The maximum atomic E-state index is 12.8. The minimum absolute atomic E-state index is 0.0350. The van der Waals surface area contributed by atoms with Crippen LogP contribution >= 0.6 is 0 Å². The smallest absolute Gasteiger partial charge is 0.416 e. The van der Waals surface area contributed by atoms with E-state index in [1.54, 1.807) is 13.2 Å². The SMILES string of the molecule is C=CC1(c2nnc(-c3cn(C)nc3Nc3ccc(C(F)(F)F)cc3)o2)CCN(CO)C1=O. The van der Waals surface area contributed by atoms with E-state index in [0.717, 1.165) is 12.1 Å². The predicted octanol–water partition coefficient (Wildman–Crippen LogP) is 2.84. The van der Waals surface area contributed by atoms with Crippen LogP contribution in [0.2, 0.25) is 0 Å². The molecule has 0 bridgehead atoms. The number of nitrogens with zero attached hydrogens (tertiary/aromatic N) is 5. The van der Waals surface area contributed by atoms with Gasteiger partial charge < -0.3 is 19.7 Å². The molecule has 0 radical (unpaired) electrons. The zero-order valence-electron chi connectivity index (χ0n) is 16.9. The van der Waals surface area contributed by atoms with Gasteiger partial charge in [-0.15, -0.1) is 16.8 Å². The molecule has 0 aliphatic carbocycles. The summed E-state index contributed by atoms with van der Waals surface area (Å²) >= 11 is 0. The Bertz CT molecular complexity index is 1150. The first kappa shape index (κ1) is 21.6. The molecule has 3 aromatic rings. The number of aryl methyl sites for hydroxylation is 1. The lowest BCUT2D eigenvalue weighted by Gasteiger charge is -2.19. The number of rotatable bonds is 6. The summed E-state index contributed by atoms with van der Waals surface area (Å²) in [4.78, 5) is 14.0. The van der Waals surface area contributed by atoms with Crippen LogP contribution in [-0.4, -0.2) is 49.2 Å². The van der Waals surface area contributed by atoms with Gasteiger partial charge in [0.05, 0.1) is 5.56 Å². The van der Waals surface area contributed by atoms with Crippen molar-refractivity contribution >= 4 is 17.4 Å². The lowest BCUT2D eigenvalue weighted by Crippen LogP contribution is -2.37. The summed E-state index contributed by atoms with van der Waals surface area (Å²) in [6, 6.07) is 4.49. The van der Waals surface area contributed by atoms with Gasteiger partial charge in [0.1, 0.15) is 17.7 Å². The van der Waals surface area contributed by atoms with Crippen LogP contribution in [0.25, 0.3) is 11.5 Å². The van der Waals surface area contributed by atoms with Crippen molar-refractivity contribution in [3.05, 3.63) is 54.6 Å². The third-order valence-electron chi connectivity index (χ3n) is 5.30. The molecule has 12 heteroatoms. The Kier molecular flexibility index (Phi) is 5.25. The normalized spacial score (nSPS) is 18.9. The molecule has 0 spiro atoms. The Hall–Kier alpha value is -3.67. The fourth-order valence-electron chi connectivity index (χ4n) is 3.54. The number of alkyl halides is 3. The number of nitrogens with one attached hydrogen (secondary N) is 1. The Morgan fingerprint density at radius 3 is 2.62 bits per heavy atom. The molecule has 168 valence electrons. The molecule has 2 N–H and O–H groups in total. The van der Waals surface area contributed by atoms with E-state index in [1.807, 2.05) is 0 Å². The van der Waals surface area contributed by atoms with Gasteiger partial charge in [-0.05, 0) is 30.7 Å². The van der Waals surface area contributed by atoms with Crippen LogP contribution in [-0.2, 0) is 23.4 Å². The van der Waals surface area contributed by atoms with Gasteiger partial charge in [0.2, 0.25) is 11.8 Å². The molecule has 3 heterocycles. The van der Waals surface area contributed by atoms with Crippen LogP contribution in [0.15, 0.2) is 47.5 Å². The van der Waals surface area contributed by atoms with Crippen molar-refractivity contribution < 1.29 is 27.5 Å². The van der Waals surface area contributed by atoms with Gasteiger partial charge in [-0.1, -0.05) is 6.08 Å². The maximum absolute atomic E-state index is 12.8. The van der Waals surface area contributed by atoms with Crippen molar-refractivity contribution in [1.29, 1.82) is 0 Å². The van der Waals surface area contributed by atoms with Crippen molar-refractivity contribution in [3.63, 3.8) is 0 Å². The van der Waals surface area contributed by atoms with E-state index in [-0.39, 0.29) is 23.5 Å². The van der Waals surface area contributed by atoms with E-state index in [4.69, 9.17) is 4.42 Å². The molecular weight excluding hydrogens is 429 g/mol.